The summed E-state index contributed by atoms with van der Waals surface area (Å²) in [5, 5.41) is 1.01. The van der Waals surface area contributed by atoms with Crippen molar-refractivity contribution in [3.8, 4) is 5.75 Å². The highest BCUT2D eigenvalue weighted by Crippen LogP contribution is 2.41. The summed E-state index contributed by atoms with van der Waals surface area (Å²) in [6, 6.07) is 3.67. The van der Waals surface area contributed by atoms with E-state index in [-0.39, 0.29) is 5.63 Å². The number of benzene rings is 1. The summed E-state index contributed by atoms with van der Waals surface area (Å²) in [6.07, 6.45) is 0. The van der Waals surface area contributed by atoms with Gasteiger partial charge >= 0.3 is 5.63 Å². The van der Waals surface area contributed by atoms with Crippen molar-refractivity contribution < 1.29 is 9.15 Å². The van der Waals surface area contributed by atoms with E-state index in [2.05, 4.69) is 25.1 Å². The van der Waals surface area contributed by atoms with E-state index in [0.717, 1.165) is 28.8 Å². The molecular formula is C16H19NO3. The number of fused-ring (bicyclic) bond motifs is 2. The van der Waals surface area contributed by atoms with Gasteiger partial charge in [-0.2, -0.15) is 0 Å². The molecule has 2 heterocycles. The Morgan fingerprint density at radius 2 is 2.05 bits per heavy atom. The first-order valence-electron chi connectivity index (χ1n) is 6.83. The maximum Gasteiger partial charge on any atom is 0.336 e. The van der Waals surface area contributed by atoms with Crippen molar-refractivity contribution in [2.75, 3.05) is 27.2 Å². The van der Waals surface area contributed by atoms with Crippen molar-refractivity contribution in [3.05, 3.63) is 39.2 Å². The maximum atomic E-state index is 11.6. The molecule has 4 nitrogen and oxygen atoms in total. The van der Waals surface area contributed by atoms with Crippen molar-refractivity contribution in [2.45, 2.75) is 19.8 Å². The highest BCUT2D eigenvalue weighted by atomic mass is 16.5. The third kappa shape index (κ3) is 2.00. The van der Waals surface area contributed by atoms with Gasteiger partial charge in [0, 0.05) is 35.0 Å². The van der Waals surface area contributed by atoms with Gasteiger partial charge < -0.3 is 14.1 Å². The Kier molecular flexibility index (Phi) is 3.05. The SMILES string of the molecule is Cc1cc(=O)oc2c(C)c3c(cc12)C(CN(C)C)CO3. The Morgan fingerprint density at radius 3 is 2.75 bits per heavy atom. The van der Waals surface area contributed by atoms with Gasteiger partial charge in [0.2, 0.25) is 0 Å². The molecule has 0 saturated heterocycles. The Morgan fingerprint density at radius 1 is 1.30 bits per heavy atom. The van der Waals surface area contributed by atoms with Crippen LogP contribution in [0.25, 0.3) is 11.0 Å². The van der Waals surface area contributed by atoms with Gasteiger partial charge in [0.15, 0.2) is 0 Å². The molecule has 0 radical (unpaired) electrons. The van der Waals surface area contributed by atoms with E-state index < -0.39 is 0 Å². The van der Waals surface area contributed by atoms with Gasteiger partial charge in [-0.05, 0) is 39.6 Å². The zero-order chi connectivity index (χ0) is 14.4. The van der Waals surface area contributed by atoms with Crippen LogP contribution in [-0.4, -0.2) is 32.1 Å². The first-order chi connectivity index (χ1) is 9.47. The molecule has 1 aromatic heterocycles. The van der Waals surface area contributed by atoms with Gasteiger partial charge in [0.1, 0.15) is 11.3 Å². The summed E-state index contributed by atoms with van der Waals surface area (Å²) in [4.78, 5) is 13.7. The fourth-order valence-electron chi connectivity index (χ4n) is 2.98. The van der Waals surface area contributed by atoms with Gasteiger partial charge in [0.25, 0.3) is 0 Å². The molecule has 1 aromatic carbocycles. The van der Waals surface area contributed by atoms with Crippen LogP contribution < -0.4 is 10.4 Å². The fraction of sp³-hybridized carbons (Fsp3) is 0.438. The van der Waals surface area contributed by atoms with Gasteiger partial charge in [-0.25, -0.2) is 4.79 Å². The molecule has 3 rings (SSSR count). The first kappa shape index (κ1) is 13.2. The number of hydrogen-bond donors (Lipinski definition) is 0. The van der Waals surface area contributed by atoms with Crippen LogP contribution in [0.4, 0.5) is 0 Å². The minimum atomic E-state index is -0.305. The summed E-state index contributed by atoms with van der Waals surface area (Å²) >= 11 is 0. The van der Waals surface area contributed by atoms with Crippen molar-refractivity contribution >= 4 is 11.0 Å². The molecule has 0 aliphatic carbocycles. The smallest absolute Gasteiger partial charge is 0.336 e. The Bertz CT molecular complexity index is 731. The zero-order valence-corrected chi connectivity index (χ0v) is 12.3. The monoisotopic (exact) mass is 273 g/mol. The van der Waals surface area contributed by atoms with Gasteiger partial charge in [-0.3, -0.25) is 0 Å². The molecule has 1 aliphatic heterocycles. The van der Waals surface area contributed by atoms with Crippen LogP contribution in [-0.2, 0) is 0 Å². The predicted octanol–water partition coefficient (Wildman–Crippen LogP) is 2.45. The number of nitrogens with zero attached hydrogens (tertiary/aromatic N) is 1. The zero-order valence-electron chi connectivity index (χ0n) is 12.3. The van der Waals surface area contributed by atoms with E-state index >= 15 is 0 Å². The van der Waals surface area contributed by atoms with Crippen LogP contribution in [0.5, 0.6) is 5.75 Å². The lowest BCUT2D eigenvalue weighted by molar-refractivity contribution is 0.291. The number of likely N-dealkylation sites (N-methyl/N-ethyl adjacent to an activating group) is 1. The normalized spacial score (nSPS) is 17.6. The molecule has 1 aliphatic rings. The van der Waals surface area contributed by atoms with Gasteiger partial charge in [0.05, 0.1) is 6.61 Å². The molecule has 0 N–H and O–H groups in total. The number of aryl methyl sites for hydroxylation is 2. The van der Waals surface area contributed by atoms with Gasteiger partial charge in [-0.15, -0.1) is 0 Å². The van der Waals surface area contributed by atoms with Crippen molar-refractivity contribution in [1.29, 1.82) is 0 Å². The number of ether oxygens (including phenoxy) is 1. The van der Waals surface area contributed by atoms with E-state index in [0.29, 0.717) is 18.1 Å². The molecule has 20 heavy (non-hydrogen) atoms. The largest absolute Gasteiger partial charge is 0.492 e. The van der Waals surface area contributed by atoms with E-state index in [1.165, 1.54) is 5.56 Å². The molecule has 1 unspecified atom stereocenters. The molecule has 0 bridgehead atoms. The first-order valence-corrected chi connectivity index (χ1v) is 6.83. The standard InChI is InChI=1S/C16H19NO3/c1-9-5-14(18)20-16-10(2)15-13(6-12(9)16)11(8-19-15)7-17(3)4/h5-6,11H,7-8H2,1-4H3. The van der Waals surface area contributed by atoms with Crippen molar-refractivity contribution in [2.24, 2.45) is 0 Å². The maximum absolute atomic E-state index is 11.6. The minimum Gasteiger partial charge on any atom is -0.492 e. The van der Waals surface area contributed by atoms with Crippen LogP contribution in [0, 0.1) is 13.8 Å². The van der Waals surface area contributed by atoms with Crippen LogP contribution in [0.3, 0.4) is 0 Å². The number of rotatable bonds is 2. The summed E-state index contributed by atoms with van der Waals surface area (Å²) in [5.41, 5.74) is 3.46. The topological polar surface area (TPSA) is 42.7 Å². The van der Waals surface area contributed by atoms with Crippen molar-refractivity contribution in [3.63, 3.8) is 0 Å². The summed E-state index contributed by atoms with van der Waals surface area (Å²) in [5.74, 6) is 1.26. The molecule has 0 spiro atoms. The lowest BCUT2D eigenvalue weighted by Crippen LogP contribution is -2.21. The Balaban J connectivity index is 2.24. The van der Waals surface area contributed by atoms with E-state index in [1.807, 2.05) is 13.8 Å². The van der Waals surface area contributed by atoms with Crippen LogP contribution in [0.15, 0.2) is 21.3 Å². The second-order valence-electron chi connectivity index (χ2n) is 5.82. The third-order valence-corrected chi connectivity index (χ3v) is 3.90. The molecular weight excluding hydrogens is 254 g/mol. The molecule has 0 fully saturated rings. The van der Waals surface area contributed by atoms with E-state index in [1.54, 1.807) is 6.07 Å². The number of hydrogen-bond acceptors (Lipinski definition) is 4. The van der Waals surface area contributed by atoms with Crippen LogP contribution in [0.2, 0.25) is 0 Å². The highest BCUT2D eigenvalue weighted by Gasteiger charge is 2.28. The highest BCUT2D eigenvalue weighted by molar-refractivity contribution is 5.86. The molecule has 0 amide bonds. The average Bonchev–Trinajstić information content (AvgIpc) is 2.74. The molecule has 1 atom stereocenters. The lowest BCUT2D eigenvalue weighted by Gasteiger charge is -2.15. The second kappa shape index (κ2) is 4.63. The summed E-state index contributed by atoms with van der Waals surface area (Å²) < 4.78 is 11.2. The minimum absolute atomic E-state index is 0.305. The van der Waals surface area contributed by atoms with E-state index in [4.69, 9.17) is 9.15 Å². The van der Waals surface area contributed by atoms with Crippen LogP contribution in [0.1, 0.15) is 22.6 Å². The summed E-state index contributed by atoms with van der Waals surface area (Å²) in [6.45, 7) is 5.55. The Hall–Kier alpha value is -1.81. The third-order valence-electron chi connectivity index (χ3n) is 3.90. The lowest BCUT2D eigenvalue weighted by atomic mass is 9.95. The van der Waals surface area contributed by atoms with Crippen LogP contribution >= 0.6 is 0 Å². The van der Waals surface area contributed by atoms with Crippen molar-refractivity contribution in [1.82, 2.24) is 4.90 Å². The molecule has 0 saturated carbocycles. The second-order valence-corrected chi connectivity index (χ2v) is 5.82. The van der Waals surface area contributed by atoms with Gasteiger partial charge in [-0.1, -0.05) is 0 Å². The summed E-state index contributed by atoms with van der Waals surface area (Å²) in [7, 11) is 4.13. The fourth-order valence-corrected chi connectivity index (χ4v) is 2.98. The predicted molar refractivity (Wildman–Crippen MR) is 78.7 cm³/mol. The molecule has 106 valence electrons. The molecule has 2 aromatic rings. The Labute approximate surface area is 118 Å². The quantitative estimate of drug-likeness (QED) is 0.788. The average molecular weight is 273 g/mol. The molecule has 4 heteroatoms. The van der Waals surface area contributed by atoms with E-state index in [9.17, 15) is 4.79 Å².